The molecule has 1 aromatic carbocycles. The summed E-state index contributed by atoms with van der Waals surface area (Å²) < 4.78 is 11.5. The largest absolute Gasteiger partial charge is 0.493 e. The van der Waals surface area contributed by atoms with E-state index in [2.05, 4.69) is 26.5 Å². The molecule has 7 nitrogen and oxygen atoms in total. The van der Waals surface area contributed by atoms with Crippen molar-refractivity contribution in [3.8, 4) is 11.5 Å². The first-order valence-electron chi connectivity index (χ1n) is 7.49. The number of amides is 2. The zero-order chi connectivity index (χ0) is 19.1. The van der Waals surface area contributed by atoms with Gasteiger partial charge >= 0.3 is 0 Å². The fourth-order valence-electron chi connectivity index (χ4n) is 1.85. The number of likely N-dealkylation sites (N-methyl/N-ethyl adjacent to an activating group) is 1. The minimum atomic E-state index is -0.274. The molecular formula is C17H18BrN3O4S. The van der Waals surface area contributed by atoms with Crippen molar-refractivity contribution in [3.63, 3.8) is 0 Å². The first-order chi connectivity index (χ1) is 12.4. The Morgan fingerprint density at radius 1 is 1.38 bits per heavy atom. The van der Waals surface area contributed by atoms with Crippen LogP contribution in [0.2, 0.25) is 0 Å². The summed E-state index contributed by atoms with van der Waals surface area (Å²) in [4.78, 5) is 25.5. The molecule has 0 atom stereocenters. The summed E-state index contributed by atoms with van der Waals surface area (Å²) in [5.74, 6) is 0.421. The summed E-state index contributed by atoms with van der Waals surface area (Å²) >= 11 is 4.74. The van der Waals surface area contributed by atoms with E-state index in [1.165, 1.54) is 29.6 Å². The molecule has 138 valence electrons. The Hall–Kier alpha value is -2.39. The average molecular weight is 440 g/mol. The van der Waals surface area contributed by atoms with Crippen molar-refractivity contribution in [2.75, 3.05) is 27.8 Å². The molecule has 1 N–H and O–H groups in total. The van der Waals surface area contributed by atoms with Crippen LogP contribution >= 0.6 is 27.3 Å². The van der Waals surface area contributed by atoms with Gasteiger partial charge in [-0.3, -0.25) is 9.59 Å². The van der Waals surface area contributed by atoms with Crippen molar-refractivity contribution >= 4 is 45.3 Å². The number of hydrogen-bond acceptors (Lipinski definition) is 6. The molecule has 0 aliphatic rings. The topological polar surface area (TPSA) is 80.2 Å². The van der Waals surface area contributed by atoms with Gasteiger partial charge in [-0.1, -0.05) is 6.07 Å². The van der Waals surface area contributed by atoms with Gasteiger partial charge in [0.05, 0.1) is 22.7 Å². The van der Waals surface area contributed by atoms with Gasteiger partial charge in [0.2, 0.25) is 0 Å². The molecular weight excluding hydrogens is 422 g/mol. The van der Waals surface area contributed by atoms with Crippen LogP contribution in [0.4, 0.5) is 0 Å². The minimum Gasteiger partial charge on any atom is -0.493 e. The van der Waals surface area contributed by atoms with Crippen LogP contribution in [-0.2, 0) is 4.79 Å². The highest BCUT2D eigenvalue weighted by Crippen LogP contribution is 2.36. The molecule has 0 aliphatic heterocycles. The molecule has 0 saturated heterocycles. The van der Waals surface area contributed by atoms with Gasteiger partial charge in [-0.25, -0.2) is 5.43 Å². The number of carbonyl (C=O) groups excluding carboxylic acids is 2. The van der Waals surface area contributed by atoms with Crippen molar-refractivity contribution in [2.24, 2.45) is 5.10 Å². The normalized spacial score (nSPS) is 10.6. The Balaban J connectivity index is 2.08. The van der Waals surface area contributed by atoms with Gasteiger partial charge in [0.15, 0.2) is 18.1 Å². The summed E-state index contributed by atoms with van der Waals surface area (Å²) in [6, 6.07) is 6.96. The minimum absolute atomic E-state index is 0.105. The molecule has 1 aromatic heterocycles. The summed E-state index contributed by atoms with van der Waals surface area (Å²) in [6.07, 6.45) is 1.49. The lowest BCUT2D eigenvalue weighted by atomic mass is 10.2. The molecule has 2 aromatic rings. The third-order valence-corrected chi connectivity index (χ3v) is 4.67. The monoisotopic (exact) mass is 439 g/mol. The van der Waals surface area contributed by atoms with E-state index in [1.807, 2.05) is 5.38 Å². The van der Waals surface area contributed by atoms with E-state index in [1.54, 1.807) is 38.4 Å². The van der Waals surface area contributed by atoms with Crippen LogP contribution in [0.25, 0.3) is 0 Å². The summed E-state index contributed by atoms with van der Waals surface area (Å²) in [7, 11) is 4.81. The summed E-state index contributed by atoms with van der Waals surface area (Å²) in [5, 5.41) is 5.77. The lowest BCUT2D eigenvalue weighted by Gasteiger charge is -2.15. The molecule has 9 heteroatoms. The Morgan fingerprint density at radius 2 is 2.15 bits per heavy atom. The molecule has 2 rings (SSSR count). The molecule has 0 unspecified atom stereocenters. The predicted octanol–water partition coefficient (Wildman–Crippen LogP) is 2.75. The second-order valence-electron chi connectivity index (χ2n) is 5.29. The second kappa shape index (κ2) is 9.35. The van der Waals surface area contributed by atoms with Crippen LogP contribution in [0, 0.1) is 0 Å². The Morgan fingerprint density at radius 3 is 2.77 bits per heavy atom. The van der Waals surface area contributed by atoms with Crippen molar-refractivity contribution in [1.82, 2.24) is 10.3 Å². The van der Waals surface area contributed by atoms with Crippen LogP contribution in [0.1, 0.15) is 15.2 Å². The first-order valence-corrected chi connectivity index (χ1v) is 9.17. The van der Waals surface area contributed by atoms with Crippen LogP contribution in [0.3, 0.4) is 0 Å². The number of methoxy groups -OCH3 is 1. The van der Waals surface area contributed by atoms with Gasteiger partial charge in [0.1, 0.15) is 0 Å². The Kier molecular flexibility index (Phi) is 7.16. The second-order valence-corrected chi connectivity index (χ2v) is 7.09. The molecule has 0 radical (unpaired) electrons. The van der Waals surface area contributed by atoms with E-state index in [-0.39, 0.29) is 18.4 Å². The van der Waals surface area contributed by atoms with E-state index < -0.39 is 0 Å². The number of carbonyl (C=O) groups is 2. The van der Waals surface area contributed by atoms with Gasteiger partial charge in [-0.2, -0.15) is 5.10 Å². The number of hydrazone groups is 1. The SMILES string of the molecule is COc1cc(C=NNC(=O)c2cccs2)cc(Br)c1OCC(=O)N(C)C. The summed E-state index contributed by atoms with van der Waals surface area (Å²) in [6.45, 7) is -0.105. The van der Waals surface area contributed by atoms with Gasteiger partial charge in [0.25, 0.3) is 11.8 Å². The van der Waals surface area contributed by atoms with E-state index in [0.29, 0.717) is 26.4 Å². The third-order valence-electron chi connectivity index (χ3n) is 3.22. The van der Waals surface area contributed by atoms with E-state index >= 15 is 0 Å². The first kappa shape index (κ1) is 19.9. The molecule has 0 spiro atoms. The molecule has 1 heterocycles. The quantitative estimate of drug-likeness (QED) is 0.531. The van der Waals surface area contributed by atoms with Gasteiger partial charge < -0.3 is 14.4 Å². The van der Waals surface area contributed by atoms with Gasteiger partial charge in [-0.05, 0) is 45.1 Å². The number of halogens is 1. The molecule has 0 fully saturated rings. The molecule has 26 heavy (non-hydrogen) atoms. The molecule has 0 bridgehead atoms. The smallest absolute Gasteiger partial charge is 0.281 e. The maximum Gasteiger partial charge on any atom is 0.281 e. The number of nitrogens with one attached hydrogen (secondary N) is 1. The summed E-state index contributed by atoms with van der Waals surface area (Å²) in [5.41, 5.74) is 3.15. The number of rotatable bonds is 7. The van der Waals surface area contributed by atoms with E-state index in [4.69, 9.17) is 9.47 Å². The van der Waals surface area contributed by atoms with E-state index in [9.17, 15) is 9.59 Å². The fourth-order valence-corrected chi connectivity index (χ4v) is 3.03. The van der Waals surface area contributed by atoms with Crippen LogP contribution in [0.15, 0.2) is 39.2 Å². The maximum atomic E-state index is 11.8. The number of thiophene rings is 1. The van der Waals surface area contributed by atoms with Crippen LogP contribution in [0.5, 0.6) is 11.5 Å². The van der Waals surface area contributed by atoms with Crippen molar-refractivity contribution in [2.45, 2.75) is 0 Å². The average Bonchev–Trinajstić information content (AvgIpc) is 3.14. The highest BCUT2D eigenvalue weighted by atomic mass is 79.9. The number of nitrogens with zero attached hydrogens (tertiary/aromatic N) is 2. The standard InChI is InChI=1S/C17H18BrN3O4S/c1-21(2)15(22)10-25-16-12(18)7-11(8-13(16)24-3)9-19-20-17(23)14-5-4-6-26-14/h4-9H,10H2,1-3H3,(H,20,23). The number of benzene rings is 1. The predicted molar refractivity (Wildman–Crippen MR) is 104 cm³/mol. The molecule has 0 saturated carbocycles. The van der Waals surface area contributed by atoms with Gasteiger partial charge in [0, 0.05) is 14.1 Å². The highest BCUT2D eigenvalue weighted by Gasteiger charge is 2.14. The van der Waals surface area contributed by atoms with Crippen molar-refractivity contribution in [1.29, 1.82) is 0 Å². The Labute approximate surface area is 163 Å². The number of hydrogen-bond donors (Lipinski definition) is 1. The zero-order valence-corrected chi connectivity index (χ0v) is 16.9. The maximum absolute atomic E-state index is 11.8. The molecule has 0 aliphatic carbocycles. The third kappa shape index (κ3) is 5.30. The van der Waals surface area contributed by atoms with E-state index in [0.717, 1.165) is 0 Å². The number of ether oxygens (including phenoxy) is 2. The van der Waals surface area contributed by atoms with Crippen molar-refractivity contribution < 1.29 is 19.1 Å². The zero-order valence-electron chi connectivity index (χ0n) is 14.5. The lowest BCUT2D eigenvalue weighted by molar-refractivity contribution is -0.130. The lowest BCUT2D eigenvalue weighted by Crippen LogP contribution is -2.27. The van der Waals surface area contributed by atoms with Crippen molar-refractivity contribution in [3.05, 3.63) is 44.6 Å². The van der Waals surface area contributed by atoms with Gasteiger partial charge in [-0.15, -0.1) is 11.3 Å². The highest BCUT2D eigenvalue weighted by molar-refractivity contribution is 9.10. The van der Waals surface area contributed by atoms with Crippen LogP contribution in [-0.4, -0.2) is 50.7 Å². The molecule has 2 amide bonds. The Bertz CT molecular complexity index is 807. The van der Waals surface area contributed by atoms with Crippen LogP contribution < -0.4 is 14.9 Å². The fraction of sp³-hybridized carbons (Fsp3) is 0.235.